The third-order valence-electron chi connectivity index (χ3n) is 5.80. The number of hydrogen-bond donors (Lipinski definition) is 0. The highest BCUT2D eigenvalue weighted by Crippen LogP contribution is 2.30. The van der Waals surface area contributed by atoms with E-state index < -0.39 is 4.92 Å². The van der Waals surface area contributed by atoms with Gasteiger partial charge in [-0.05, 0) is 61.0 Å². The van der Waals surface area contributed by atoms with Gasteiger partial charge in [-0.3, -0.25) is 10.1 Å². The van der Waals surface area contributed by atoms with Gasteiger partial charge in [0.05, 0.1) is 22.7 Å². The lowest BCUT2D eigenvalue weighted by atomic mass is 10.1. The fourth-order valence-corrected chi connectivity index (χ4v) is 5.46. The molecule has 3 aromatic carbocycles. The minimum absolute atomic E-state index is 0.163. The summed E-state index contributed by atoms with van der Waals surface area (Å²) in [5.41, 5.74) is 2.42. The average Bonchev–Trinajstić information content (AvgIpc) is 3.55. The highest BCUT2D eigenvalue weighted by Gasteiger charge is 2.17. The van der Waals surface area contributed by atoms with Crippen molar-refractivity contribution in [3.63, 3.8) is 0 Å². The van der Waals surface area contributed by atoms with Crippen molar-refractivity contribution in [1.82, 2.24) is 9.83 Å². The second kappa shape index (κ2) is 11.7. The maximum Gasteiger partial charge on any atom is 0.278 e. The van der Waals surface area contributed by atoms with Crippen molar-refractivity contribution in [2.75, 3.05) is 0 Å². The van der Waals surface area contributed by atoms with Crippen molar-refractivity contribution in [2.24, 2.45) is 10.1 Å². The SMILES string of the molecule is CC(N=c1scc(-c2cc(-c3ccc(F)cc3)no2)n1/N=C/c1cc(Cl)ccc1[N+](=O)[O-])c1ccc(Cl)cc1Cl. The van der Waals surface area contributed by atoms with Gasteiger partial charge in [-0.2, -0.15) is 5.10 Å². The van der Waals surface area contributed by atoms with E-state index in [-0.39, 0.29) is 23.1 Å². The van der Waals surface area contributed by atoms with Crippen LogP contribution < -0.4 is 4.80 Å². The smallest absolute Gasteiger partial charge is 0.278 e. The quantitative estimate of drug-likeness (QED) is 0.104. The van der Waals surface area contributed by atoms with E-state index >= 15 is 0 Å². The summed E-state index contributed by atoms with van der Waals surface area (Å²) in [4.78, 5) is 16.3. The zero-order chi connectivity index (χ0) is 28.4. The van der Waals surface area contributed by atoms with Gasteiger partial charge in [-0.1, -0.05) is 46.0 Å². The van der Waals surface area contributed by atoms with Gasteiger partial charge in [0.15, 0.2) is 5.76 Å². The Morgan fingerprint density at radius 3 is 2.52 bits per heavy atom. The van der Waals surface area contributed by atoms with Gasteiger partial charge in [0.2, 0.25) is 4.80 Å². The van der Waals surface area contributed by atoms with Crippen molar-refractivity contribution in [3.05, 3.63) is 119 Å². The highest BCUT2D eigenvalue weighted by molar-refractivity contribution is 7.07. The van der Waals surface area contributed by atoms with Crippen LogP contribution >= 0.6 is 46.1 Å². The molecule has 8 nitrogen and oxygen atoms in total. The largest absolute Gasteiger partial charge is 0.354 e. The zero-order valence-corrected chi connectivity index (χ0v) is 23.5. The first-order chi connectivity index (χ1) is 19.2. The molecule has 0 aliphatic carbocycles. The second-order valence-corrected chi connectivity index (χ2v) is 10.6. The van der Waals surface area contributed by atoms with E-state index in [1.807, 2.05) is 6.92 Å². The summed E-state index contributed by atoms with van der Waals surface area (Å²) in [6.07, 6.45) is 1.33. The molecule has 40 heavy (non-hydrogen) atoms. The normalized spacial score (nSPS) is 12.8. The molecule has 0 amide bonds. The number of benzene rings is 3. The molecule has 2 heterocycles. The number of nitrogens with zero attached hydrogens (tertiary/aromatic N) is 5. The molecule has 5 aromatic rings. The summed E-state index contributed by atoms with van der Waals surface area (Å²) < 4.78 is 20.5. The minimum atomic E-state index is -0.516. The maximum atomic E-state index is 13.4. The van der Waals surface area contributed by atoms with E-state index in [1.165, 1.54) is 52.6 Å². The Kier molecular flexibility index (Phi) is 8.13. The first-order valence-electron chi connectivity index (χ1n) is 11.6. The number of halogens is 4. The molecule has 0 aliphatic heterocycles. The van der Waals surface area contributed by atoms with Crippen LogP contribution in [0.15, 0.2) is 86.7 Å². The van der Waals surface area contributed by atoms with E-state index in [4.69, 9.17) is 44.3 Å². The molecule has 13 heteroatoms. The van der Waals surface area contributed by atoms with Crippen LogP contribution in [0.25, 0.3) is 22.7 Å². The van der Waals surface area contributed by atoms with Crippen molar-refractivity contribution >= 4 is 58.0 Å². The minimum Gasteiger partial charge on any atom is -0.354 e. The average molecular weight is 617 g/mol. The van der Waals surface area contributed by atoms with Gasteiger partial charge in [0.1, 0.15) is 17.2 Å². The van der Waals surface area contributed by atoms with Crippen molar-refractivity contribution in [2.45, 2.75) is 13.0 Å². The topological polar surface area (TPSA) is 98.8 Å². The first kappa shape index (κ1) is 27.7. The van der Waals surface area contributed by atoms with Gasteiger partial charge in [-0.25, -0.2) is 14.1 Å². The van der Waals surface area contributed by atoms with Crippen LogP contribution in [0.1, 0.15) is 24.1 Å². The number of rotatable bonds is 7. The third-order valence-corrected chi connectivity index (χ3v) is 7.43. The lowest BCUT2D eigenvalue weighted by molar-refractivity contribution is -0.385. The molecule has 1 atom stereocenters. The molecule has 0 saturated carbocycles. The number of hydrogen-bond acceptors (Lipinski definition) is 7. The summed E-state index contributed by atoms with van der Waals surface area (Å²) in [5.74, 6) is -0.0132. The second-order valence-electron chi connectivity index (χ2n) is 8.47. The van der Waals surface area contributed by atoms with E-state index in [0.717, 1.165) is 5.56 Å². The molecule has 0 fully saturated rings. The molecule has 0 saturated heterocycles. The van der Waals surface area contributed by atoms with Crippen LogP contribution in [0.2, 0.25) is 15.1 Å². The summed E-state index contributed by atoms with van der Waals surface area (Å²) in [5, 5.41) is 23.3. The Bertz CT molecular complexity index is 1810. The van der Waals surface area contributed by atoms with Crippen LogP contribution in [0.4, 0.5) is 10.1 Å². The molecule has 0 N–H and O–H groups in total. The van der Waals surface area contributed by atoms with Gasteiger partial charge < -0.3 is 4.52 Å². The summed E-state index contributed by atoms with van der Waals surface area (Å²) >= 11 is 19.8. The van der Waals surface area contributed by atoms with E-state index in [1.54, 1.807) is 41.8 Å². The Balaban J connectivity index is 1.62. The van der Waals surface area contributed by atoms with Crippen molar-refractivity contribution in [1.29, 1.82) is 0 Å². The van der Waals surface area contributed by atoms with Gasteiger partial charge in [0, 0.05) is 38.1 Å². The monoisotopic (exact) mass is 615 g/mol. The zero-order valence-electron chi connectivity index (χ0n) is 20.5. The number of nitro groups is 1. The molecule has 202 valence electrons. The fraction of sp³-hybridized carbons (Fsp3) is 0.0741. The molecular formula is C27H17Cl3FN5O3S. The molecule has 1 unspecified atom stereocenters. The summed E-state index contributed by atoms with van der Waals surface area (Å²) in [6.45, 7) is 1.87. The van der Waals surface area contributed by atoms with Gasteiger partial charge in [0.25, 0.3) is 5.69 Å². The van der Waals surface area contributed by atoms with Crippen LogP contribution in [0.3, 0.4) is 0 Å². The van der Waals surface area contributed by atoms with E-state index in [2.05, 4.69) is 10.3 Å². The van der Waals surface area contributed by atoms with Crippen molar-refractivity contribution < 1.29 is 13.8 Å². The summed E-state index contributed by atoms with van der Waals surface area (Å²) in [7, 11) is 0. The molecule has 2 aromatic heterocycles. The Hall–Kier alpha value is -3.83. The molecule has 0 spiro atoms. The van der Waals surface area contributed by atoms with Crippen LogP contribution in [-0.4, -0.2) is 21.0 Å². The predicted molar refractivity (Wildman–Crippen MR) is 155 cm³/mol. The first-order valence-corrected chi connectivity index (χ1v) is 13.6. The fourth-order valence-electron chi connectivity index (χ4n) is 3.81. The Morgan fingerprint density at radius 2 is 1.80 bits per heavy atom. The third kappa shape index (κ3) is 6.00. The lowest BCUT2D eigenvalue weighted by Crippen LogP contribution is -2.13. The van der Waals surface area contributed by atoms with Gasteiger partial charge >= 0.3 is 0 Å². The Labute approximate surface area is 245 Å². The predicted octanol–water partition coefficient (Wildman–Crippen LogP) is 8.42. The highest BCUT2D eigenvalue weighted by atomic mass is 35.5. The lowest BCUT2D eigenvalue weighted by Gasteiger charge is -2.09. The van der Waals surface area contributed by atoms with Crippen LogP contribution in [-0.2, 0) is 0 Å². The van der Waals surface area contributed by atoms with E-state index in [0.29, 0.717) is 42.6 Å². The summed E-state index contributed by atoms with van der Waals surface area (Å²) in [6, 6.07) is 16.5. The van der Waals surface area contributed by atoms with Crippen LogP contribution in [0.5, 0.6) is 0 Å². The standard InChI is InChI=1S/C27H17Cl3FN5O3S/c1-15(21-8-4-19(29)11-22(21)30)33-27-35(32-13-17-10-18(28)5-9-24(17)36(37)38)25(14-40-27)26-12-23(34-39-26)16-2-6-20(31)7-3-16/h2-15H,1H3/b32-13+,33-27?. The molecule has 0 radical (unpaired) electrons. The maximum absolute atomic E-state index is 13.4. The number of nitro benzene ring substituents is 1. The number of aromatic nitrogens is 2. The van der Waals surface area contributed by atoms with Crippen molar-refractivity contribution in [3.8, 4) is 22.7 Å². The molecule has 0 aliphatic rings. The molecule has 0 bridgehead atoms. The molecule has 5 rings (SSSR count). The number of thiazole rings is 1. The van der Waals surface area contributed by atoms with Crippen LogP contribution in [0, 0.1) is 15.9 Å². The molecular weight excluding hydrogens is 600 g/mol. The van der Waals surface area contributed by atoms with Gasteiger partial charge in [-0.15, -0.1) is 11.3 Å². The van der Waals surface area contributed by atoms with E-state index in [9.17, 15) is 14.5 Å². The Morgan fingerprint density at radius 1 is 1.07 bits per heavy atom.